The summed E-state index contributed by atoms with van der Waals surface area (Å²) in [5.41, 5.74) is 6.50. The highest BCUT2D eigenvalue weighted by atomic mass is 32.2. The minimum Gasteiger partial charge on any atom is -0.372 e. The Hall–Kier alpha value is -2.33. The van der Waals surface area contributed by atoms with E-state index in [-0.39, 0.29) is 23.3 Å². The lowest BCUT2D eigenvalue weighted by molar-refractivity contribution is -0.113. The van der Waals surface area contributed by atoms with Crippen molar-refractivity contribution in [1.82, 2.24) is 19.9 Å². The van der Waals surface area contributed by atoms with Crippen molar-refractivity contribution in [2.75, 3.05) is 30.0 Å². The third-order valence-corrected chi connectivity index (χ3v) is 4.82. The third-order valence-electron chi connectivity index (χ3n) is 3.97. The zero-order chi connectivity index (χ0) is 16.2. The molecule has 2 aromatic heterocycles. The van der Waals surface area contributed by atoms with Gasteiger partial charge in [-0.15, -0.1) is 0 Å². The number of hydrogen-bond acceptors (Lipinski definition) is 9. The highest BCUT2D eigenvalue weighted by Crippen LogP contribution is 2.35. The molecule has 2 aromatic rings. The van der Waals surface area contributed by atoms with Crippen LogP contribution in [0.15, 0.2) is 23.6 Å². The van der Waals surface area contributed by atoms with E-state index in [1.165, 1.54) is 12.4 Å². The fraction of sp³-hybridized carbons (Fsp3) is 0.385. The number of nitrogens with two attached hydrogens (primary N) is 1. The molecule has 0 saturated carbocycles. The van der Waals surface area contributed by atoms with Gasteiger partial charge in [-0.2, -0.15) is 0 Å². The first kappa shape index (κ1) is 14.3. The third kappa shape index (κ3) is 2.39. The molecule has 0 radical (unpaired) electrons. The summed E-state index contributed by atoms with van der Waals surface area (Å²) in [6.45, 7) is 1.33. The molecule has 2 fully saturated rings. The average Bonchev–Trinajstić information content (AvgIpc) is 2.49. The molecule has 2 saturated heterocycles. The zero-order valence-electron chi connectivity index (χ0n) is 12.2. The smallest absolute Gasteiger partial charge is 0.249 e. The summed E-state index contributed by atoms with van der Waals surface area (Å²) >= 11 is 0. The lowest BCUT2D eigenvalue weighted by Crippen LogP contribution is -2.71. The van der Waals surface area contributed by atoms with Gasteiger partial charge in [0.2, 0.25) is 20.9 Å². The van der Waals surface area contributed by atoms with Crippen LogP contribution in [0.3, 0.4) is 0 Å². The average molecular weight is 334 g/mol. The number of ether oxygens (including phenoxy) is 1. The first-order valence-electron chi connectivity index (χ1n) is 6.97. The number of rotatable bonds is 3. The first-order chi connectivity index (χ1) is 10.9. The normalized spacial score (nSPS) is 22.9. The van der Waals surface area contributed by atoms with E-state index in [0.29, 0.717) is 30.2 Å². The van der Waals surface area contributed by atoms with Gasteiger partial charge in [0.15, 0.2) is 0 Å². The summed E-state index contributed by atoms with van der Waals surface area (Å²) in [7, 11) is -3.54. The Labute approximate surface area is 132 Å². The largest absolute Gasteiger partial charge is 0.372 e. The number of fused-ring (bicyclic) bond motifs is 1. The van der Waals surface area contributed by atoms with Crippen molar-refractivity contribution in [2.45, 2.75) is 17.3 Å². The number of sulfone groups is 1. The second kappa shape index (κ2) is 4.83. The molecule has 2 aliphatic rings. The SMILES string of the molecule is CS(=O)(=O)c1nc(-c2cnc(N)nc2)cc(N2CC3OC[C@H]32)n1. The Morgan fingerprint density at radius 1 is 1.30 bits per heavy atom. The summed E-state index contributed by atoms with van der Waals surface area (Å²) in [4.78, 5) is 18.2. The minimum atomic E-state index is -3.54. The Morgan fingerprint density at radius 3 is 2.57 bits per heavy atom. The van der Waals surface area contributed by atoms with E-state index in [1.807, 2.05) is 4.90 Å². The van der Waals surface area contributed by atoms with Crippen LogP contribution in [0.4, 0.5) is 11.8 Å². The van der Waals surface area contributed by atoms with Crippen molar-refractivity contribution in [3.63, 3.8) is 0 Å². The van der Waals surface area contributed by atoms with Crippen LogP contribution >= 0.6 is 0 Å². The van der Waals surface area contributed by atoms with Gasteiger partial charge in [0.1, 0.15) is 5.82 Å². The Balaban J connectivity index is 1.80. The Kier molecular flexibility index (Phi) is 3.00. The molecule has 0 aliphatic carbocycles. The van der Waals surface area contributed by atoms with Gasteiger partial charge in [0.25, 0.3) is 0 Å². The molecule has 1 unspecified atom stereocenters. The van der Waals surface area contributed by atoms with Crippen LogP contribution < -0.4 is 10.6 Å². The number of aromatic nitrogens is 4. The van der Waals surface area contributed by atoms with Crippen LogP contribution in [0, 0.1) is 0 Å². The first-order valence-corrected chi connectivity index (χ1v) is 8.86. The van der Waals surface area contributed by atoms with Crippen LogP contribution in [0.2, 0.25) is 0 Å². The predicted octanol–water partition coefficient (Wildman–Crippen LogP) is -0.493. The molecule has 2 atom stereocenters. The van der Waals surface area contributed by atoms with E-state index in [2.05, 4.69) is 19.9 Å². The maximum absolute atomic E-state index is 11.9. The van der Waals surface area contributed by atoms with Crippen molar-refractivity contribution in [3.8, 4) is 11.3 Å². The molecular weight excluding hydrogens is 320 g/mol. The molecule has 9 nitrogen and oxygen atoms in total. The number of nitrogen functional groups attached to an aromatic ring is 1. The van der Waals surface area contributed by atoms with Crippen molar-refractivity contribution >= 4 is 21.6 Å². The summed E-state index contributed by atoms with van der Waals surface area (Å²) in [5, 5.41) is -0.217. The Morgan fingerprint density at radius 2 is 2.04 bits per heavy atom. The lowest BCUT2D eigenvalue weighted by atomic mass is 9.95. The van der Waals surface area contributed by atoms with E-state index in [0.717, 1.165) is 6.26 Å². The quantitative estimate of drug-likeness (QED) is 0.740. The number of anilines is 2. The second-order valence-electron chi connectivity index (χ2n) is 5.59. The molecule has 23 heavy (non-hydrogen) atoms. The molecule has 2 N–H and O–H groups in total. The van der Waals surface area contributed by atoms with Crippen molar-refractivity contribution in [3.05, 3.63) is 18.5 Å². The van der Waals surface area contributed by atoms with Crippen LogP contribution in [0.1, 0.15) is 0 Å². The summed E-state index contributed by atoms with van der Waals surface area (Å²) in [6, 6.07) is 1.99. The number of morpholine rings is 1. The van der Waals surface area contributed by atoms with Gasteiger partial charge in [-0.1, -0.05) is 0 Å². The molecule has 4 heterocycles. The van der Waals surface area contributed by atoms with E-state index in [4.69, 9.17) is 10.5 Å². The topological polar surface area (TPSA) is 124 Å². The maximum Gasteiger partial charge on any atom is 0.249 e. The van der Waals surface area contributed by atoms with E-state index >= 15 is 0 Å². The van der Waals surface area contributed by atoms with Gasteiger partial charge in [-0.25, -0.2) is 28.4 Å². The van der Waals surface area contributed by atoms with Crippen LogP contribution in [0.5, 0.6) is 0 Å². The molecular formula is C13H14N6O3S. The fourth-order valence-corrected chi connectivity index (χ4v) is 3.11. The molecule has 10 heteroatoms. The van der Waals surface area contributed by atoms with Crippen LogP contribution in [-0.4, -0.2) is 59.9 Å². The van der Waals surface area contributed by atoms with Crippen LogP contribution in [0.25, 0.3) is 11.3 Å². The van der Waals surface area contributed by atoms with Gasteiger partial charge in [0, 0.05) is 36.8 Å². The molecule has 0 aromatic carbocycles. The minimum absolute atomic E-state index is 0.142. The molecule has 4 rings (SSSR count). The zero-order valence-corrected chi connectivity index (χ0v) is 13.1. The number of hydrogen-bond donors (Lipinski definition) is 1. The van der Waals surface area contributed by atoms with E-state index in [1.54, 1.807) is 6.07 Å². The van der Waals surface area contributed by atoms with Gasteiger partial charge in [-0.3, -0.25) is 0 Å². The molecule has 2 aliphatic heterocycles. The fourth-order valence-electron chi connectivity index (χ4n) is 2.58. The summed E-state index contributed by atoms with van der Waals surface area (Å²) in [6.07, 6.45) is 4.31. The number of nitrogens with zero attached hydrogens (tertiary/aromatic N) is 5. The molecule has 0 spiro atoms. The highest BCUT2D eigenvalue weighted by Gasteiger charge is 2.48. The van der Waals surface area contributed by atoms with Gasteiger partial charge in [-0.05, 0) is 0 Å². The monoisotopic (exact) mass is 334 g/mol. The highest BCUT2D eigenvalue weighted by molar-refractivity contribution is 7.90. The second-order valence-corrected chi connectivity index (χ2v) is 7.50. The molecule has 0 amide bonds. The van der Waals surface area contributed by atoms with Crippen molar-refractivity contribution < 1.29 is 13.2 Å². The molecule has 120 valence electrons. The summed E-state index contributed by atoms with van der Waals surface area (Å²) in [5.74, 6) is 0.709. The van der Waals surface area contributed by atoms with Gasteiger partial charge in [0.05, 0.1) is 24.4 Å². The molecule has 0 bridgehead atoms. The van der Waals surface area contributed by atoms with Crippen molar-refractivity contribution in [2.24, 2.45) is 0 Å². The van der Waals surface area contributed by atoms with Gasteiger partial charge >= 0.3 is 0 Å². The Bertz CT molecular complexity index is 870. The lowest BCUT2D eigenvalue weighted by Gasteiger charge is -2.55. The standard InChI is InChI=1S/C13H14N6O3S/c1-23(20,21)13-17-8(7-3-15-12(14)16-4-7)2-11(18-13)19-5-10-9(19)6-22-10/h2-4,9-10H,5-6H2,1H3,(H2,14,15,16)/t9-,10?/m1/s1. The van der Waals surface area contributed by atoms with Gasteiger partial charge < -0.3 is 15.4 Å². The maximum atomic E-state index is 11.9. The van der Waals surface area contributed by atoms with E-state index < -0.39 is 9.84 Å². The van der Waals surface area contributed by atoms with Crippen molar-refractivity contribution in [1.29, 1.82) is 0 Å². The summed E-state index contributed by atoms with van der Waals surface area (Å²) < 4.78 is 29.2. The van der Waals surface area contributed by atoms with E-state index in [9.17, 15) is 8.42 Å². The van der Waals surface area contributed by atoms with Crippen LogP contribution in [-0.2, 0) is 14.6 Å². The predicted molar refractivity (Wildman–Crippen MR) is 81.5 cm³/mol.